The Hall–Kier alpha value is -2.15. The van der Waals surface area contributed by atoms with Crippen LogP contribution in [0, 0.1) is 6.92 Å². The number of pyridine rings is 1. The number of fused-ring (bicyclic) bond motifs is 1. The average molecular weight is 306 g/mol. The normalized spacial score (nSPS) is 11.9. The fourth-order valence-electron chi connectivity index (χ4n) is 2.52. The number of H-pyrrole nitrogens is 1. The molecule has 7 nitrogen and oxygen atoms in total. The summed E-state index contributed by atoms with van der Waals surface area (Å²) in [5.74, 6) is -0.281. The number of carbonyl (C=O) groups excluding carboxylic acids is 1. The molecule has 0 fully saturated rings. The molecule has 2 rings (SSSR count). The fraction of sp³-hybridized carbons (Fsp3) is 0.533. The lowest BCUT2D eigenvalue weighted by molar-refractivity contribution is 0.0315. The summed E-state index contributed by atoms with van der Waals surface area (Å²) < 4.78 is 1.51. The van der Waals surface area contributed by atoms with Crippen molar-refractivity contribution >= 4 is 16.9 Å². The number of aryl methyl sites for hydroxylation is 2. The van der Waals surface area contributed by atoms with Crippen LogP contribution in [0.4, 0.5) is 0 Å². The number of aromatic amines is 1. The predicted octanol–water partition coefficient (Wildman–Crippen LogP) is 0.803. The van der Waals surface area contributed by atoms with Gasteiger partial charge in [-0.2, -0.15) is 0 Å². The summed E-state index contributed by atoms with van der Waals surface area (Å²) in [6.45, 7) is 7.54. The van der Waals surface area contributed by atoms with Crippen molar-refractivity contribution < 1.29 is 9.90 Å². The van der Waals surface area contributed by atoms with Crippen LogP contribution in [0.25, 0.3) is 11.0 Å². The van der Waals surface area contributed by atoms with E-state index in [1.165, 1.54) is 9.58 Å². The van der Waals surface area contributed by atoms with E-state index in [0.717, 1.165) is 0 Å². The Balaban J connectivity index is 2.58. The van der Waals surface area contributed by atoms with E-state index in [-0.39, 0.29) is 23.4 Å². The summed E-state index contributed by atoms with van der Waals surface area (Å²) in [5, 5.41) is 12.9. The first-order chi connectivity index (χ1) is 10.1. The van der Waals surface area contributed by atoms with Crippen LogP contribution in [0.5, 0.6) is 0 Å². The molecule has 0 unspecified atom stereocenters. The van der Waals surface area contributed by atoms with Gasteiger partial charge in [-0.05, 0) is 33.8 Å². The lowest BCUT2D eigenvalue weighted by Crippen LogP contribution is -2.42. The molecule has 1 amide bonds. The Morgan fingerprint density at radius 2 is 2.14 bits per heavy atom. The number of likely N-dealkylation sites (N-methyl/N-ethyl adjacent to an activating group) is 1. The SMILES string of the molecule is CCN(CC(C)(C)O)C(=O)c1cc(C)nc2c1c(=O)[nH]n2C. The first kappa shape index (κ1) is 16.2. The van der Waals surface area contributed by atoms with E-state index in [4.69, 9.17) is 0 Å². The third-order valence-corrected chi connectivity index (χ3v) is 3.42. The van der Waals surface area contributed by atoms with Gasteiger partial charge in [-0.15, -0.1) is 0 Å². The van der Waals surface area contributed by atoms with Crippen LogP contribution in [-0.4, -0.2) is 49.4 Å². The molecule has 22 heavy (non-hydrogen) atoms. The van der Waals surface area contributed by atoms with E-state index < -0.39 is 5.60 Å². The number of hydrogen-bond acceptors (Lipinski definition) is 4. The Bertz CT molecular complexity index is 767. The number of amides is 1. The molecule has 0 atom stereocenters. The maximum Gasteiger partial charge on any atom is 0.274 e. The molecular weight excluding hydrogens is 284 g/mol. The van der Waals surface area contributed by atoms with Crippen molar-refractivity contribution in [3.05, 3.63) is 27.7 Å². The van der Waals surface area contributed by atoms with Gasteiger partial charge in [0.15, 0.2) is 5.65 Å². The highest BCUT2D eigenvalue weighted by Gasteiger charge is 2.25. The van der Waals surface area contributed by atoms with Crippen molar-refractivity contribution in [2.45, 2.75) is 33.3 Å². The number of nitrogens with zero attached hydrogens (tertiary/aromatic N) is 3. The Labute approximate surface area is 128 Å². The summed E-state index contributed by atoms with van der Waals surface area (Å²) in [6.07, 6.45) is 0. The smallest absolute Gasteiger partial charge is 0.274 e. The number of rotatable bonds is 4. The minimum absolute atomic E-state index is 0.190. The van der Waals surface area contributed by atoms with Crippen molar-refractivity contribution in [2.75, 3.05) is 13.1 Å². The van der Waals surface area contributed by atoms with Crippen molar-refractivity contribution in [3.8, 4) is 0 Å². The molecule has 2 heterocycles. The minimum atomic E-state index is -1.00. The lowest BCUT2D eigenvalue weighted by atomic mass is 10.1. The molecule has 0 aliphatic heterocycles. The molecule has 2 aromatic rings. The third-order valence-electron chi connectivity index (χ3n) is 3.42. The largest absolute Gasteiger partial charge is 0.389 e. The molecule has 2 aromatic heterocycles. The summed E-state index contributed by atoms with van der Waals surface area (Å²) in [5.41, 5.74) is 0.0798. The standard InChI is InChI=1S/C15H22N4O3/c1-6-19(8-15(3,4)22)14(21)10-7-9(2)16-12-11(10)13(20)17-18(12)5/h7,22H,6,8H2,1-5H3,(H,17,20). The number of hydrogen-bond donors (Lipinski definition) is 2. The second-order valence-electron chi connectivity index (χ2n) is 6.14. The van der Waals surface area contributed by atoms with Gasteiger partial charge in [-0.3, -0.25) is 19.4 Å². The van der Waals surface area contributed by atoms with Crippen LogP contribution < -0.4 is 5.56 Å². The zero-order chi connectivity index (χ0) is 16.7. The fourth-order valence-corrected chi connectivity index (χ4v) is 2.52. The topological polar surface area (TPSA) is 91.2 Å². The molecular formula is C15H22N4O3. The highest BCUT2D eigenvalue weighted by molar-refractivity contribution is 6.05. The van der Waals surface area contributed by atoms with Gasteiger partial charge in [0, 0.05) is 25.8 Å². The molecule has 0 spiro atoms. The number of aliphatic hydroxyl groups is 1. The lowest BCUT2D eigenvalue weighted by Gasteiger charge is -2.28. The van der Waals surface area contributed by atoms with E-state index in [2.05, 4.69) is 10.1 Å². The molecule has 0 saturated heterocycles. The van der Waals surface area contributed by atoms with E-state index in [1.807, 2.05) is 6.92 Å². The van der Waals surface area contributed by atoms with Crippen LogP contribution in [0.3, 0.4) is 0 Å². The van der Waals surface area contributed by atoms with Crippen LogP contribution in [0.2, 0.25) is 0 Å². The van der Waals surface area contributed by atoms with Crippen molar-refractivity contribution in [1.82, 2.24) is 19.7 Å². The van der Waals surface area contributed by atoms with Crippen LogP contribution in [0.1, 0.15) is 36.8 Å². The average Bonchev–Trinajstić information content (AvgIpc) is 2.68. The van der Waals surface area contributed by atoms with Crippen LogP contribution >= 0.6 is 0 Å². The maximum atomic E-state index is 12.8. The first-order valence-electron chi connectivity index (χ1n) is 7.22. The zero-order valence-electron chi connectivity index (χ0n) is 13.6. The van der Waals surface area contributed by atoms with Gasteiger partial charge in [0.05, 0.1) is 16.6 Å². The van der Waals surface area contributed by atoms with Gasteiger partial charge in [0.25, 0.3) is 11.5 Å². The van der Waals surface area contributed by atoms with Crippen LogP contribution in [0.15, 0.2) is 10.9 Å². The maximum absolute atomic E-state index is 12.8. The molecule has 0 aliphatic rings. The monoisotopic (exact) mass is 306 g/mol. The van der Waals surface area contributed by atoms with Gasteiger partial charge in [0.1, 0.15) is 0 Å². The highest BCUT2D eigenvalue weighted by Crippen LogP contribution is 2.18. The molecule has 120 valence electrons. The van der Waals surface area contributed by atoms with Gasteiger partial charge in [-0.25, -0.2) is 4.98 Å². The van der Waals surface area contributed by atoms with Crippen molar-refractivity contribution in [2.24, 2.45) is 7.05 Å². The Morgan fingerprint density at radius 3 is 2.68 bits per heavy atom. The number of nitrogens with one attached hydrogen (secondary N) is 1. The second kappa shape index (κ2) is 5.57. The summed E-state index contributed by atoms with van der Waals surface area (Å²) in [6, 6.07) is 1.62. The molecule has 0 aromatic carbocycles. The summed E-state index contributed by atoms with van der Waals surface area (Å²) in [4.78, 5) is 30.7. The van der Waals surface area contributed by atoms with E-state index >= 15 is 0 Å². The van der Waals surface area contributed by atoms with Gasteiger partial charge < -0.3 is 10.0 Å². The van der Waals surface area contributed by atoms with E-state index in [1.54, 1.807) is 33.9 Å². The predicted molar refractivity (Wildman–Crippen MR) is 83.9 cm³/mol. The molecule has 0 saturated carbocycles. The quantitative estimate of drug-likeness (QED) is 0.874. The molecule has 0 aliphatic carbocycles. The minimum Gasteiger partial charge on any atom is -0.389 e. The van der Waals surface area contributed by atoms with Gasteiger partial charge >= 0.3 is 0 Å². The molecule has 0 bridgehead atoms. The number of aromatic nitrogens is 3. The first-order valence-corrected chi connectivity index (χ1v) is 7.22. The highest BCUT2D eigenvalue weighted by atomic mass is 16.3. The van der Waals surface area contributed by atoms with E-state index in [9.17, 15) is 14.7 Å². The van der Waals surface area contributed by atoms with Crippen molar-refractivity contribution in [1.29, 1.82) is 0 Å². The van der Waals surface area contributed by atoms with Gasteiger partial charge in [-0.1, -0.05) is 0 Å². The Morgan fingerprint density at radius 1 is 1.50 bits per heavy atom. The second-order valence-corrected chi connectivity index (χ2v) is 6.14. The molecule has 7 heteroatoms. The Kier molecular flexibility index (Phi) is 4.10. The molecule has 2 N–H and O–H groups in total. The van der Waals surface area contributed by atoms with E-state index in [0.29, 0.717) is 23.4 Å². The van der Waals surface area contributed by atoms with Crippen molar-refractivity contribution in [3.63, 3.8) is 0 Å². The van der Waals surface area contributed by atoms with Gasteiger partial charge in [0.2, 0.25) is 0 Å². The summed E-state index contributed by atoms with van der Waals surface area (Å²) in [7, 11) is 1.68. The third kappa shape index (κ3) is 3.04. The number of carbonyl (C=O) groups is 1. The summed E-state index contributed by atoms with van der Waals surface area (Å²) >= 11 is 0. The zero-order valence-corrected chi connectivity index (χ0v) is 13.6. The van der Waals surface area contributed by atoms with Crippen LogP contribution in [-0.2, 0) is 7.05 Å². The molecule has 0 radical (unpaired) electrons.